The third-order valence-corrected chi connectivity index (χ3v) is 2.26. The summed E-state index contributed by atoms with van der Waals surface area (Å²) >= 11 is 0. The Morgan fingerprint density at radius 2 is 2.05 bits per heavy atom. The van der Waals surface area contributed by atoms with Crippen molar-refractivity contribution in [3.05, 3.63) is 17.7 Å². The number of pyridine rings is 1. The molecular weight excluding hydrogens is 261 g/mol. The average molecular weight is 278 g/mol. The number of halogens is 3. The quantitative estimate of drug-likeness (QED) is 0.869. The molecule has 0 bridgehead atoms. The first-order chi connectivity index (χ1) is 8.86. The van der Waals surface area contributed by atoms with Crippen molar-refractivity contribution in [2.24, 2.45) is 0 Å². The number of alkyl halides is 3. The van der Waals surface area contributed by atoms with Gasteiger partial charge in [0.05, 0.1) is 12.2 Å². The Labute approximate surface area is 109 Å². The minimum absolute atomic E-state index is 0.0774. The van der Waals surface area contributed by atoms with Crippen LogP contribution in [0.2, 0.25) is 0 Å². The van der Waals surface area contributed by atoms with Crippen LogP contribution >= 0.6 is 0 Å². The number of rotatable bonds is 6. The zero-order valence-corrected chi connectivity index (χ0v) is 11.0. The van der Waals surface area contributed by atoms with E-state index in [1.807, 2.05) is 6.92 Å². The van der Waals surface area contributed by atoms with E-state index in [9.17, 15) is 13.2 Å². The molecule has 0 radical (unpaired) electrons. The second-order valence-corrected chi connectivity index (χ2v) is 3.91. The van der Waals surface area contributed by atoms with E-state index in [0.717, 1.165) is 12.1 Å². The van der Waals surface area contributed by atoms with Gasteiger partial charge in [0.1, 0.15) is 11.9 Å². The van der Waals surface area contributed by atoms with Crippen LogP contribution in [0.1, 0.15) is 19.4 Å². The summed E-state index contributed by atoms with van der Waals surface area (Å²) in [6.07, 6.45) is -4.81. The van der Waals surface area contributed by atoms with E-state index in [-0.39, 0.29) is 17.8 Å². The van der Waals surface area contributed by atoms with Gasteiger partial charge in [0.25, 0.3) is 0 Å². The van der Waals surface area contributed by atoms with Crippen LogP contribution in [-0.2, 0) is 10.9 Å². The van der Waals surface area contributed by atoms with Crippen LogP contribution in [0.25, 0.3) is 0 Å². The first-order valence-corrected chi connectivity index (χ1v) is 5.88. The van der Waals surface area contributed by atoms with Crippen LogP contribution in [-0.4, -0.2) is 31.3 Å². The van der Waals surface area contributed by atoms with Gasteiger partial charge in [-0.05, 0) is 19.9 Å². The molecule has 4 nitrogen and oxygen atoms in total. The normalized spacial score (nSPS) is 13.2. The number of hydrogen-bond acceptors (Lipinski definition) is 4. The van der Waals surface area contributed by atoms with Gasteiger partial charge in [-0.2, -0.15) is 18.2 Å². The Morgan fingerprint density at radius 3 is 2.58 bits per heavy atom. The molecule has 7 heteroatoms. The molecule has 1 heterocycles. The summed E-state index contributed by atoms with van der Waals surface area (Å²) < 4.78 is 48.5. The average Bonchev–Trinajstić information content (AvgIpc) is 2.34. The SMILES string of the molecule is CCOCC(C)Oc1cc(C(F)(F)F)cc(NC)n1. The van der Waals surface area contributed by atoms with Gasteiger partial charge in [-0.25, -0.2) is 0 Å². The first-order valence-electron chi connectivity index (χ1n) is 5.88. The Morgan fingerprint density at radius 1 is 1.37 bits per heavy atom. The van der Waals surface area contributed by atoms with E-state index in [2.05, 4.69) is 10.3 Å². The minimum Gasteiger partial charge on any atom is -0.472 e. The predicted octanol–water partition coefficient (Wildman–Crippen LogP) is 2.95. The molecule has 0 aromatic carbocycles. The van der Waals surface area contributed by atoms with Gasteiger partial charge in [-0.15, -0.1) is 0 Å². The van der Waals surface area contributed by atoms with Gasteiger partial charge in [-0.3, -0.25) is 0 Å². The number of anilines is 1. The van der Waals surface area contributed by atoms with Crippen molar-refractivity contribution in [3.63, 3.8) is 0 Å². The molecule has 1 atom stereocenters. The Hall–Kier alpha value is -1.50. The third-order valence-electron chi connectivity index (χ3n) is 2.26. The smallest absolute Gasteiger partial charge is 0.416 e. The summed E-state index contributed by atoms with van der Waals surface area (Å²) in [5, 5.41) is 2.57. The van der Waals surface area contributed by atoms with E-state index < -0.39 is 11.7 Å². The topological polar surface area (TPSA) is 43.4 Å². The van der Waals surface area contributed by atoms with Crippen molar-refractivity contribution in [1.82, 2.24) is 4.98 Å². The molecule has 1 aromatic rings. The van der Waals surface area contributed by atoms with Crippen molar-refractivity contribution in [2.45, 2.75) is 26.1 Å². The maximum absolute atomic E-state index is 12.7. The third kappa shape index (κ3) is 4.94. The highest BCUT2D eigenvalue weighted by Crippen LogP contribution is 2.32. The van der Waals surface area contributed by atoms with Crippen molar-refractivity contribution >= 4 is 5.82 Å². The van der Waals surface area contributed by atoms with Crippen molar-refractivity contribution in [3.8, 4) is 5.88 Å². The Balaban J connectivity index is 2.88. The van der Waals surface area contributed by atoms with Crippen LogP contribution in [0.4, 0.5) is 19.0 Å². The van der Waals surface area contributed by atoms with Gasteiger partial charge in [0, 0.05) is 19.7 Å². The standard InChI is InChI=1S/C12H17F3N2O2/c1-4-18-7-8(2)19-11-6-9(12(13,14)15)5-10(16-3)17-11/h5-6,8H,4,7H2,1-3H3,(H,16,17). The molecule has 19 heavy (non-hydrogen) atoms. The van der Waals surface area contributed by atoms with Crippen LogP contribution in [0.15, 0.2) is 12.1 Å². The molecule has 108 valence electrons. The molecule has 1 aromatic heterocycles. The van der Waals surface area contributed by atoms with Gasteiger partial charge < -0.3 is 14.8 Å². The van der Waals surface area contributed by atoms with Crippen LogP contribution in [0.3, 0.4) is 0 Å². The lowest BCUT2D eigenvalue weighted by atomic mass is 10.2. The van der Waals surface area contributed by atoms with E-state index in [0.29, 0.717) is 13.2 Å². The molecule has 1 unspecified atom stereocenters. The molecule has 0 fully saturated rings. The van der Waals surface area contributed by atoms with Gasteiger partial charge in [0.2, 0.25) is 5.88 Å². The number of nitrogens with zero attached hydrogens (tertiary/aromatic N) is 1. The van der Waals surface area contributed by atoms with E-state index >= 15 is 0 Å². The monoisotopic (exact) mass is 278 g/mol. The predicted molar refractivity (Wildman–Crippen MR) is 65.4 cm³/mol. The lowest BCUT2D eigenvalue weighted by Gasteiger charge is -2.16. The molecule has 0 aliphatic rings. The summed E-state index contributed by atoms with van der Waals surface area (Å²) in [5.74, 6) is 0.0276. The van der Waals surface area contributed by atoms with E-state index in [1.165, 1.54) is 7.05 Å². The Bertz CT molecular complexity index is 410. The first kappa shape index (κ1) is 15.6. The second-order valence-electron chi connectivity index (χ2n) is 3.91. The van der Waals surface area contributed by atoms with Crippen molar-refractivity contribution < 1.29 is 22.6 Å². The zero-order valence-electron chi connectivity index (χ0n) is 11.0. The molecular formula is C12H17F3N2O2. The fourth-order valence-corrected chi connectivity index (χ4v) is 1.38. The van der Waals surface area contributed by atoms with Crippen LogP contribution in [0, 0.1) is 0 Å². The van der Waals surface area contributed by atoms with E-state index in [4.69, 9.17) is 9.47 Å². The van der Waals surface area contributed by atoms with E-state index in [1.54, 1.807) is 6.92 Å². The molecule has 0 aliphatic heterocycles. The maximum Gasteiger partial charge on any atom is 0.416 e. The molecule has 0 saturated heterocycles. The van der Waals surface area contributed by atoms with Gasteiger partial charge in [-0.1, -0.05) is 0 Å². The zero-order chi connectivity index (χ0) is 14.5. The highest BCUT2D eigenvalue weighted by molar-refractivity contribution is 5.42. The lowest BCUT2D eigenvalue weighted by molar-refractivity contribution is -0.137. The maximum atomic E-state index is 12.7. The fraction of sp³-hybridized carbons (Fsp3) is 0.583. The van der Waals surface area contributed by atoms with Crippen LogP contribution < -0.4 is 10.1 Å². The molecule has 0 spiro atoms. The number of hydrogen-bond donors (Lipinski definition) is 1. The summed E-state index contributed by atoms with van der Waals surface area (Å²) in [5.41, 5.74) is -0.801. The number of nitrogens with one attached hydrogen (secondary N) is 1. The highest BCUT2D eigenvalue weighted by atomic mass is 19.4. The second kappa shape index (κ2) is 6.60. The highest BCUT2D eigenvalue weighted by Gasteiger charge is 2.32. The van der Waals surface area contributed by atoms with Crippen molar-refractivity contribution in [2.75, 3.05) is 25.6 Å². The molecule has 0 aliphatic carbocycles. The molecule has 1 rings (SSSR count). The van der Waals surface area contributed by atoms with Gasteiger partial charge in [0.15, 0.2) is 0 Å². The van der Waals surface area contributed by atoms with Gasteiger partial charge >= 0.3 is 6.18 Å². The number of ether oxygens (including phenoxy) is 2. The minimum atomic E-state index is -4.43. The molecule has 0 saturated carbocycles. The number of aromatic nitrogens is 1. The molecule has 1 N–H and O–H groups in total. The fourth-order valence-electron chi connectivity index (χ4n) is 1.38. The summed E-state index contributed by atoms with van der Waals surface area (Å²) in [7, 11) is 1.50. The summed E-state index contributed by atoms with van der Waals surface area (Å²) in [4.78, 5) is 3.92. The largest absolute Gasteiger partial charge is 0.472 e. The van der Waals surface area contributed by atoms with Crippen molar-refractivity contribution in [1.29, 1.82) is 0 Å². The summed E-state index contributed by atoms with van der Waals surface area (Å²) in [6.45, 7) is 4.35. The molecule has 0 amide bonds. The summed E-state index contributed by atoms with van der Waals surface area (Å²) in [6, 6.07) is 1.81. The Kier molecular flexibility index (Phi) is 5.41. The lowest BCUT2D eigenvalue weighted by Crippen LogP contribution is -2.20. The van der Waals surface area contributed by atoms with Crippen LogP contribution in [0.5, 0.6) is 5.88 Å².